The molecule has 0 aromatic carbocycles. The van der Waals surface area contributed by atoms with Crippen LogP contribution in [-0.4, -0.2) is 21.0 Å². The molecule has 0 amide bonds. The summed E-state index contributed by atoms with van der Waals surface area (Å²) in [5.41, 5.74) is 0. The van der Waals surface area contributed by atoms with Gasteiger partial charge in [0.15, 0.2) is 0 Å². The zero-order valence-corrected chi connectivity index (χ0v) is 7.47. The van der Waals surface area contributed by atoms with Gasteiger partial charge in [0.05, 0.1) is 5.92 Å². The summed E-state index contributed by atoms with van der Waals surface area (Å²) >= 11 is 0. The van der Waals surface area contributed by atoms with Gasteiger partial charge in [0.1, 0.15) is 5.82 Å². The smallest absolute Gasteiger partial charge is 0.306 e. The third-order valence-electron chi connectivity index (χ3n) is 1.89. The lowest BCUT2D eigenvalue weighted by atomic mass is 10.0. The van der Waals surface area contributed by atoms with Crippen molar-refractivity contribution in [2.45, 2.75) is 19.8 Å². The van der Waals surface area contributed by atoms with E-state index in [1.165, 1.54) is 0 Å². The maximum atomic E-state index is 10.7. The third-order valence-corrected chi connectivity index (χ3v) is 1.89. The van der Waals surface area contributed by atoms with Crippen LogP contribution in [0.4, 0.5) is 0 Å². The number of carbonyl (C=O) groups is 1. The van der Waals surface area contributed by atoms with Crippen LogP contribution in [0.15, 0.2) is 18.5 Å². The number of carboxylic acid groups (broad SMARTS) is 1. The van der Waals surface area contributed by atoms with Crippen LogP contribution in [-0.2, 0) is 11.2 Å². The molecule has 1 heterocycles. The lowest BCUT2D eigenvalue weighted by Gasteiger charge is -2.06. The number of aromatic nitrogens is 2. The SMILES string of the molecule is CCC(Cc1ncccn1)C(=O)O. The van der Waals surface area contributed by atoms with Crippen LogP contribution in [0.3, 0.4) is 0 Å². The lowest BCUT2D eigenvalue weighted by molar-refractivity contribution is -0.141. The second-order valence-corrected chi connectivity index (χ2v) is 2.81. The van der Waals surface area contributed by atoms with E-state index in [1.54, 1.807) is 18.5 Å². The summed E-state index contributed by atoms with van der Waals surface area (Å²) in [5.74, 6) is -0.561. The Morgan fingerprint density at radius 3 is 2.62 bits per heavy atom. The van der Waals surface area contributed by atoms with Crippen LogP contribution in [0, 0.1) is 5.92 Å². The average Bonchev–Trinajstić information content (AvgIpc) is 2.15. The van der Waals surface area contributed by atoms with Gasteiger partial charge in [-0.3, -0.25) is 4.79 Å². The van der Waals surface area contributed by atoms with Crippen molar-refractivity contribution >= 4 is 5.97 Å². The van der Waals surface area contributed by atoms with Gasteiger partial charge in [-0.15, -0.1) is 0 Å². The molecule has 1 atom stereocenters. The molecule has 1 rings (SSSR count). The zero-order chi connectivity index (χ0) is 9.68. The molecule has 0 bridgehead atoms. The molecule has 4 heteroatoms. The first-order valence-corrected chi connectivity index (χ1v) is 4.22. The maximum absolute atomic E-state index is 10.7. The monoisotopic (exact) mass is 180 g/mol. The van der Waals surface area contributed by atoms with E-state index in [-0.39, 0.29) is 5.92 Å². The van der Waals surface area contributed by atoms with Gasteiger partial charge >= 0.3 is 5.97 Å². The molecule has 0 radical (unpaired) electrons. The van der Waals surface area contributed by atoms with Crippen molar-refractivity contribution < 1.29 is 9.90 Å². The minimum absolute atomic E-state index is 0.373. The Kier molecular flexibility index (Phi) is 3.37. The largest absolute Gasteiger partial charge is 0.481 e. The first-order chi connectivity index (χ1) is 6.24. The zero-order valence-electron chi connectivity index (χ0n) is 7.47. The van der Waals surface area contributed by atoms with Crippen molar-refractivity contribution in [1.29, 1.82) is 0 Å². The lowest BCUT2D eigenvalue weighted by Crippen LogP contribution is -2.16. The van der Waals surface area contributed by atoms with Gasteiger partial charge in [-0.2, -0.15) is 0 Å². The van der Waals surface area contributed by atoms with Gasteiger partial charge in [-0.05, 0) is 12.5 Å². The summed E-state index contributed by atoms with van der Waals surface area (Å²) < 4.78 is 0. The Morgan fingerprint density at radius 2 is 2.15 bits per heavy atom. The van der Waals surface area contributed by atoms with Gasteiger partial charge in [0.25, 0.3) is 0 Å². The van der Waals surface area contributed by atoms with Crippen LogP contribution >= 0.6 is 0 Å². The maximum Gasteiger partial charge on any atom is 0.306 e. The van der Waals surface area contributed by atoms with E-state index in [1.807, 2.05) is 6.92 Å². The molecular formula is C9H12N2O2. The molecule has 1 aromatic heterocycles. The molecule has 70 valence electrons. The molecule has 0 fully saturated rings. The molecule has 0 aliphatic heterocycles. The van der Waals surface area contributed by atoms with Crippen molar-refractivity contribution in [1.82, 2.24) is 9.97 Å². The van der Waals surface area contributed by atoms with E-state index >= 15 is 0 Å². The van der Waals surface area contributed by atoms with Crippen LogP contribution in [0.2, 0.25) is 0 Å². The quantitative estimate of drug-likeness (QED) is 0.754. The number of aliphatic carboxylic acids is 1. The van der Waals surface area contributed by atoms with Gasteiger partial charge in [-0.1, -0.05) is 6.92 Å². The molecule has 0 aliphatic carbocycles. The Labute approximate surface area is 76.7 Å². The Morgan fingerprint density at radius 1 is 1.54 bits per heavy atom. The highest BCUT2D eigenvalue weighted by Gasteiger charge is 2.16. The molecule has 0 spiro atoms. The molecular weight excluding hydrogens is 168 g/mol. The van der Waals surface area contributed by atoms with E-state index in [9.17, 15) is 4.79 Å². The summed E-state index contributed by atoms with van der Waals surface area (Å²) in [7, 11) is 0. The van der Waals surface area contributed by atoms with Crippen molar-refractivity contribution in [3.05, 3.63) is 24.3 Å². The van der Waals surface area contributed by atoms with E-state index < -0.39 is 5.97 Å². The fraction of sp³-hybridized carbons (Fsp3) is 0.444. The number of hydrogen-bond acceptors (Lipinski definition) is 3. The van der Waals surface area contributed by atoms with E-state index in [4.69, 9.17) is 5.11 Å². The molecule has 1 unspecified atom stereocenters. The van der Waals surface area contributed by atoms with Crippen LogP contribution in [0.25, 0.3) is 0 Å². The highest BCUT2D eigenvalue weighted by molar-refractivity contribution is 5.70. The summed E-state index contributed by atoms with van der Waals surface area (Å²) in [6, 6.07) is 1.71. The van der Waals surface area contributed by atoms with Crippen molar-refractivity contribution in [3.8, 4) is 0 Å². The van der Waals surface area contributed by atoms with Crippen molar-refractivity contribution in [3.63, 3.8) is 0 Å². The second kappa shape index (κ2) is 4.54. The fourth-order valence-corrected chi connectivity index (χ4v) is 1.06. The van der Waals surface area contributed by atoms with Gasteiger partial charge in [0, 0.05) is 18.8 Å². The number of rotatable bonds is 4. The number of hydrogen-bond donors (Lipinski definition) is 1. The van der Waals surface area contributed by atoms with E-state index in [0.717, 1.165) is 0 Å². The fourth-order valence-electron chi connectivity index (χ4n) is 1.06. The molecule has 1 N–H and O–H groups in total. The van der Waals surface area contributed by atoms with Crippen LogP contribution < -0.4 is 0 Å². The molecule has 13 heavy (non-hydrogen) atoms. The Balaban J connectivity index is 2.62. The topological polar surface area (TPSA) is 63.1 Å². The van der Waals surface area contributed by atoms with Crippen LogP contribution in [0.5, 0.6) is 0 Å². The molecule has 4 nitrogen and oxygen atoms in total. The van der Waals surface area contributed by atoms with Gasteiger partial charge < -0.3 is 5.11 Å². The summed E-state index contributed by atoms with van der Waals surface area (Å²) in [6.45, 7) is 1.85. The minimum Gasteiger partial charge on any atom is -0.481 e. The third kappa shape index (κ3) is 2.82. The molecule has 0 saturated carbocycles. The second-order valence-electron chi connectivity index (χ2n) is 2.81. The molecule has 0 aliphatic rings. The van der Waals surface area contributed by atoms with E-state index in [0.29, 0.717) is 18.7 Å². The first kappa shape index (κ1) is 9.64. The molecule has 0 saturated heterocycles. The first-order valence-electron chi connectivity index (χ1n) is 4.22. The number of nitrogens with zero attached hydrogens (tertiary/aromatic N) is 2. The van der Waals surface area contributed by atoms with Gasteiger partial charge in [-0.25, -0.2) is 9.97 Å². The Hall–Kier alpha value is -1.45. The number of carboxylic acids is 1. The minimum atomic E-state index is -0.782. The predicted molar refractivity (Wildman–Crippen MR) is 47.2 cm³/mol. The van der Waals surface area contributed by atoms with Crippen LogP contribution in [0.1, 0.15) is 19.2 Å². The van der Waals surface area contributed by atoms with Gasteiger partial charge in [0.2, 0.25) is 0 Å². The highest BCUT2D eigenvalue weighted by Crippen LogP contribution is 2.08. The normalized spacial score (nSPS) is 12.4. The standard InChI is InChI=1S/C9H12N2O2/c1-2-7(9(12)13)6-8-10-4-3-5-11-8/h3-5,7H,2,6H2,1H3,(H,12,13). The van der Waals surface area contributed by atoms with Crippen molar-refractivity contribution in [2.75, 3.05) is 0 Å². The summed E-state index contributed by atoms with van der Waals surface area (Å²) in [6.07, 6.45) is 4.26. The van der Waals surface area contributed by atoms with E-state index in [2.05, 4.69) is 9.97 Å². The average molecular weight is 180 g/mol. The predicted octanol–water partition coefficient (Wildman–Crippen LogP) is 1.13. The Bertz CT molecular complexity index is 274. The highest BCUT2D eigenvalue weighted by atomic mass is 16.4. The summed E-state index contributed by atoms with van der Waals surface area (Å²) in [5, 5.41) is 8.78. The summed E-state index contributed by atoms with van der Waals surface area (Å²) in [4.78, 5) is 18.6. The molecule has 1 aromatic rings. The van der Waals surface area contributed by atoms with Crippen molar-refractivity contribution in [2.24, 2.45) is 5.92 Å².